The molecule has 2 heterocycles. The zero-order valence-electron chi connectivity index (χ0n) is 20.0. The van der Waals surface area contributed by atoms with Crippen molar-refractivity contribution in [2.24, 2.45) is 5.92 Å². The zero-order valence-corrected chi connectivity index (χ0v) is 20.0. The zero-order chi connectivity index (χ0) is 23.5. The number of benzene rings is 2. The quantitative estimate of drug-likeness (QED) is 0.529. The molecule has 176 valence electrons. The van der Waals surface area contributed by atoms with E-state index in [-0.39, 0.29) is 5.92 Å². The first-order valence-electron chi connectivity index (χ1n) is 12.3. The highest BCUT2D eigenvalue weighted by molar-refractivity contribution is 5.81. The Morgan fingerprint density at radius 1 is 1.00 bits per heavy atom. The van der Waals surface area contributed by atoms with Gasteiger partial charge < -0.3 is 14.5 Å². The van der Waals surface area contributed by atoms with E-state index in [0.717, 1.165) is 86.1 Å². The third-order valence-electron chi connectivity index (χ3n) is 6.77. The molecular formula is C28H32N4O2. The standard InChI is InChI=1S/C28H32N4O2/c1-3-25-24(19-20-8-7-11-23(18-20)34-2)27(30-26(29-25)21-9-5-4-6-10-21)31-14-16-32(17-15-31)28(33)22-12-13-22/h4-11,18,22H,3,12-17,19H2,1-2H3. The molecule has 6 nitrogen and oxygen atoms in total. The molecule has 0 radical (unpaired) electrons. The van der Waals surface area contributed by atoms with Crippen molar-refractivity contribution < 1.29 is 9.53 Å². The van der Waals surface area contributed by atoms with Gasteiger partial charge in [-0.05, 0) is 37.0 Å². The minimum atomic E-state index is 0.269. The second-order valence-electron chi connectivity index (χ2n) is 9.13. The van der Waals surface area contributed by atoms with Crippen LogP contribution in [0.2, 0.25) is 0 Å². The van der Waals surface area contributed by atoms with Crippen LogP contribution in [0.15, 0.2) is 54.6 Å². The molecule has 1 saturated heterocycles. The minimum absolute atomic E-state index is 0.269. The molecule has 3 aromatic rings. The Bertz CT molecular complexity index is 1150. The van der Waals surface area contributed by atoms with Crippen LogP contribution in [0.25, 0.3) is 11.4 Å². The molecular weight excluding hydrogens is 424 g/mol. The maximum atomic E-state index is 12.6. The molecule has 0 unspecified atom stereocenters. The maximum Gasteiger partial charge on any atom is 0.225 e. The average Bonchev–Trinajstić information content (AvgIpc) is 3.75. The summed E-state index contributed by atoms with van der Waals surface area (Å²) in [7, 11) is 1.70. The topological polar surface area (TPSA) is 58.6 Å². The van der Waals surface area contributed by atoms with E-state index in [1.165, 1.54) is 5.56 Å². The summed E-state index contributed by atoms with van der Waals surface area (Å²) in [6, 6.07) is 18.4. The van der Waals surface area contributed by atoms with Crippen LogP contribution in [0.3, 0.4) is 0 Å². The number of amides is 1. The highest BCUT2D eigenvalue weighted by Gasteiger charge is 2.35. The molecule has 2 aromatic carbocycles. The van der Waals surface area contributed by atoms with Gasteiger partial charge >= 0.3 is 0 Å². The molecule has 1 saturated carbocycles. The summed E-state index contributed by atoms with van der Waals surface area (Å²) < 4.78 is 5.45. The summed E-state index contributed by atoms with van der Waals surface area (Å²) in [4.78, 5) is 27.1. The number of methoxy groups -OCH3 is 1. The predicted octanol–water partition coefficient (Wildman–Crippen LogP) is 4.36. The van der Waals surface area contributed by atoms with Gasteiger partial charge in [0.25, 0.3) is 0 Å². The SMILES string of the molecule is CCc1nc(-c2ccccc2)nc(N2CCN(C(=O)C3CC3)CC2)c1Cc1cccc(OC)c1. The van der Waals surface area contributed by atoms with Gasteiger partial charge in [0.15, 0.2) is 5.82 Å². The second-order valence-corrected chi connectivity index (χ2v) is 9.13. The maximum absolute atomic E-state index is 12.6. The van der Waals surface area contributed by atoms with Gasteiger partial charge in [-0.3, -0.25) is 4.79 Å². The van der Waals surface area contributed by atoms with Crippen LogP contribution in [0.1, 0.15) is 36.6 Å². The molecule has 1 amide bonds. The van der Waals surface area contributed by atoms with E-state index in [1.54, 1.807) is 7.11 Å². The Kier molecular flexibility index (Phi) is 6.48. The molecule has 0 bridgehead atoms. The molecule has 5 rings (SSSR count). The number of ether oxygens (including phenoxy) is 1. The van der Waals surface area contributed by atoms with Crippen LogP contribution in [0.5, 0.6) is 5.75 Å². The molecule has 0 N–H and O–H groups in total. The number of aromatic nitrogens is 2. The number of piperazine rings is 1. The summed E-state index contributed by atoms with van der Waals surface area (Å²) >= 11 is 0. The van der Waals surface area contributed by atoms with Gasteiger partial charge in [-0.1, -0.05) is 49.4 Å². The van der Waals surface area contributed by atoms with Gasteiger partial charge in [-0.15, -0.1) is 0 Å². The molecule has 2 fully saturated rings. The van der Waals surface area contributed by atoms with Gasteiger partial charge in [0.1, 0.15) is 11.6 Å². The van der Waals surface area contributed by atoms with Gasteiger partial charge in [-0.2, -0.15) is 0 Å². The van der Waals surface area contributed by atoms with E-state index < -0.39 is 0 Å². The summed E-state index contributed by atoms with van der Waals surface area (Å²) in [6.45, 7) is 5.23. The van der Waals surface area contributed by atoms with Crippen LogP contribution in [-0.4, -0.2) is 54.1 Å². The summed E-state index contributed by atoms with van der Waals surface area (Å²) in [5.74, 6) is 3.21. The lowest BCUT2D eigenvalue weighted by Crippen LogP contribution is -2.49. The number of nitrogens with zero attached hydrogens (tertiary/aromatic N) is 4. The van der Waals surface area contributed by atoms with Crippen molar-refractivity contribution in [1.82, 2.24) is 14.9 Å². The van der Waals surface area contributed by atoms with Crippen LogP contribution in [-0.2, 0) is 17.6 Å². The van der Waals surface area contributed by atoms with Crippen molar-refractivity contribution in [3.63, 3.8) is 0 Å². The first-order chi connectivity index (χ1) is 16.7. The molecule has 34 heavy (non-hydrogen) atoms. The number of rotatable bonds is 7. The second kappa shape index (κ2) is 9.84. The Morgan fingerprint density at radius 3 is 2.44 bits per heavy atom. The highest BCUT2D eigenvalue weighted by atomic mass is 16.5. The lowest BCUT2D eigenvalue weighted by atomic mass is 10.0. The van der Waals surface area contributed by atoms with Gasteiger partial charge in [-0.25, -0.2) is 9.97 Å². The van der Waals surface area contributed by atoms with Crippen LogP contribution in [0.4, 0.5) is 5.82 Å². The summed E-state index contributed by atoms with van der Waals surface area (Å²) in [5.41, 5.74) is 4.43. The lowest BCUT2D eigenvalue weighted by molar-refractivity contribution is -0.132. The molecule has 6 heteroatoms. The summed E-state index contributed by atoms with van der Waals surface area (Å²) in [5, 5.41) is 0. The molecule has 0 atom stereocenters. The molecule has 1 aromatic heterocycles. The highest BCUT2D eigenvalue weighted by Crippen LogP contribution is 2.33. The smallest absolute Gasteiger partial charge is 0.225 e. The largest absolute Gasteiger partial charge is 0.497 e. The van der Waals surface area contributed by atoms with Crippen molar-refractivity contribution in [2.75, 3.05) is 38.2 Å². The third kappa shape index (κ3) is 4.76. The molecule has 0 spiro atoms. The van der Waals surface area contributed by atoms with E-state index >= 15 is 0 Å². The number of hydrogen-bond donors (Lipinski definition) is 0. The summed E-state index contributed by atoms with van der Waals surface area (Å²) in [6.07, 6.45) is 3.67. The number of carbonyl (C=O) groups is 1. The van der Waals surface area contributed by atoms with E-state index in [0.29, 0.717) is 5.91 Å². The number of anilines is 1. The van der Waals surface area contributed by atoms with E-state index in [4.69, 9.17) is 14.7 Å². The Morgan fingerprint density at radius 2 is 1.76 bits per heavy atom. The number of aryl methyl sites for hydroxylation is 1. The van der Waals surface area contributed by atoms with Crippen LogP contribution < -0.4 is 9.64 Å². The average molecular weight is 457 g/mol. The fourth-order valence-corrected chi connectivity index (χ4v) is 4.68. The van der Waals surface area contributed by atoms with Crippen molar-refractivity contribution in [3.8, 4) is 17.1 Å². The monoisotopic (exact) mass is 456 g/mol. The molecule has 1 aliphatic carbocycles. The van der Waals surface area contributed by atoms with Crippen LogP contribution in [0, 0.1) is 5.92 Å². The van der Waals surface area contributed by atoms with Gasteiger partial charge in [0.2, 0.25) is 5.91 Å². The van der Waals surface area contributed by atoms with Crippen molar-refractivity contribution in [2.45, 2.75) is 32.6 Å². The van der Waals surface area contributed by atoms with Gasteiger partial charge in [0, 0.05) is 55.3 Å². The van der Waals surface area contributed by atoms with E-state index in [2.05, 4.69) is 36.1 Å². The Hall–Kier alpha value is -3.41. The normalized spacial score (nSPS) is 15.9. The van der Waals surface area contributed by atoms with Crippen molar-refractivity contribution >= 4 is 11.7 Å². The minimum Gasteiger partial charge on any atom is -0.497 e. The Labute approximate surface area is 201 Å². The number of carbonyl (C=O) groups excluding carboxylic acids is 1. The van der Waals surface area contributed by atoms with Crippen molar-refractivity contribution in [1.29, 1.82) is 0 Å². The fourth-order valence-electron chi connectivity index (χ4n) is 4.68. The predicted molar refractivity (Wildman–Crippen MR) is 134 cm³/mol. The van der Waals surface area contributed by atoms with Crippen LogP contribution >= 0.6 is 0 Å². The number of hydrogen-bond acceptors (Lipinski definition) is 5. The lowest BCUT2D eigenvalue weighted by Gasteiger charge is -2.37. The third-order valence-corrected chi connectivity index (χ3v) is 6.77. The first kappa shape index (κ1) is 22.4. The van der Waals surface area contributed by atoms with E-state index in [1.807, 2.05) is 35.2 Å². The van der Waals surface area contributed by atoms with Gasteiger partial charge in [0.05, 0.1) is 7.11 Å². The molecule has 1 aliphatic heterocycles. The first-order valence-corrected chi connectivity index (χ1v) is 12.3. The molecule has 2 aliphatic rings. The van der Waals surface area contributed by atoms with Crippen molar-refractivity contribution in [3.05, 3.63) is 71.4 Å². The fraction of sp³-hybridized carbons (Fsp3) is 0.393. The van der Waals surface area contributed by atoms with E-state index in [9.17, 15) is 4.79 Å². The Balaban J connectivity index is 1.50.